The molecular formula is C9H13NO3. The van der Waals surface area contributed by atoms with E-state index in [9.17, 15) is 9.59 Å². The quantitative estimate of drug-likeness (QED) is 0.623. The van der Waals surface area contributed by atoms with Crippen molar-refractivity contribution < 1.29 is 14.3 Å². The van der Waals surface area contributed by atoms with Crippen LogP contribution < -0.4 is 5.32 Å². The molecule has 0 aromatic heterocycles. The lowest BCUT2D eigenvalue weighted by atomic mass is 9.95. The topological polar surface area (TPSA) is 55.4 Å². The van der Waals surface area contributed by atoms with E-state index in [2.05, 4.69) is 10.1 Å². The third-order valence-corrected chi connectivity index (χ3v) is 2.27. The van der Waals surface area contributed by atoms with Crippen molar-refractivity contribution in [3.05, 3.63) is 11.8 Å². The zero-order valence-corrected chi connectivity index (χ0v) is 7.96. The Morgan fingerprint density at radius 3 is 2.54 bits per heavy atom. The number of esters is 1. The maximum Gasteiger partial charge on any atom is 0.328 e. The first kappa shape index (κ1) is 9.77. The summed E-state index contributed by atoms with van der Waals surface area (Å²) in [7, 11) is 1.34. The predicted molar refractivity (Wildman–Crippen MR) is 46.9 cm³/mol. The summed E-state index contributed by atoms with van der Waals surface area (Å²) >= 11 is 0. The van der Waals surface area contributed by atoms with Crippen LogP contribution in [0.3, 0.4) is 0 Å². The molecule has 4 heteroatoms. The van der Waals surface area contributed by atoms with Crippen LogP contribution in [-0.2, 0) is 14.3 Å². The van der Waals surface area contributed by atoms with Crippen molar-refractivity contribution in [2.45, 2.75) is 19.9 Å². The fraction of sp³-hybridized carbons (Fsp3) is 0.556. The molecule has 0 aromatic rings. The first-order valence-electron chi connectivity index (χ1n) is 4.12. The molecule has 0 amide bonds. The highest BCUT2D eigenvalue weighted by atomic mass is 16.5. The molecule has 0 aliphatic carbocycles. The fourth-order valence-corrected chi connectivity index (χ4v) is 1.46. The van der Waals surface area contributed by atoms with Gasteiger partial charge in [-0.3, -0.25) is 4.79 Å². The van der Waals surface area contributed by atoms with E-state index in [-0.39, 0.29) is 17.7 Å². The highest BCUT2D eigenvalue weighted by Crippen LogP contribution is 2.21. The van der Waals surface area contributed by atoms with Crippen molar-refractivity contribution in [3.63, 3.8) is 0 Å². The van der Waals surface area contributed by atoms with Crippen LogP contribution in [0.1, 0.15) is 13.8 Å². The SMILES string of the molecule is COC(=O)C1NC=C(C(C)=O)C1C. The summed E-state index contributed by atoms with van der Waals surface area (Å²) in [6.45, 7) is 3.32. The van der Waals surface area contributed by atoms with Crippen LogP contribution in [0.15, 0.2) is 11.8 Å². The van der Waals surface area contributed by atoms with Gasteiger partial charge in [-0.15, -0.1) is 0 Å². The summed E-state index contributed by atoms with van der Waals surface area (Å²) in [5.41, 5.74) is 0.649. The summed E-state index contributed by atoms with van der Waals surface area (Å²) in [4.78, 5) is 22.2. The molecule has 0 radical (unpaired) electrons. The van der Waals surface area contributed by atoms with Gasteiger partial charge in [0.15, 0.2) is 5.78 Å². The third-order valence-electron chi connectivity index (χ3n) is 2.27. The Morgan fingerprint density at radius 1 is 1.54 bits per heavy atom. The van der Waals surface area contributed by atoms with Crippen molar-refractivity contribution in [1.29, 1.82) is 0 Å². The maximum absolute atomic E-state index is 11.2. The molecule has 2 unspecified atom stereocenters. The largest absolute Gasteiger partial charge is 0.467 e. The number of hydrogen-bond acceptors (Lipinski definition) is 4. The molecule has 0 saturated carbocycles. The zero-order chi connectivity index (χ0) is 10.0. The molecule has 0 bridgehead atoms. The number of ketones is 1. The molecule has 1 aliphatic heterocycles. The highest BCUT2D eigenvalue weighted by molar-refractivity contribution is 5.96. The normalized spacial score (nSPS) is 26.2. The van der Waals surface area contributed by atoms with E-state index in [0.717, 1.165) is 0 Å². The Kier molecular flexibility index (Phi) is 2.70. The third kappa shape index (κ3) is 1.71. The molecule has 0 spiro atoms. The minimum Gasteiger partial charge on any atom is -0.467 e. The van der Waals surface area contributed by atoms with Crippen LogP contribution in [-0.4, -0.2) is 24.9 Å². The number of carbonyl (C=O) groups is 2. The Morgan fingerprint density at radius 2 is 2.15 bits per heavy atom. The second-order valence-corrected chi connectivity index (χ2v) is 3.11. The van der Waals surface area contributed by atoms with Crippen molar-refractivity contribution in [2.24, 2.45) is 5.92 Å². The minimum absolute atomic E-state index is 0.00796. The van der Waals surface area contributed by atoms with E-state index in [1.54, 1.807) is 6.20 Å². The predicted octanol–water partition coefficient (Wildman–Crippen LogP) is 0.240. The smallest absolute Gasteiger partial charge is 0.328 e. The first-order chi connectivity index (χ1) is 6.07. The second-order valence-electron chi connectivity index (χ2n) is 3.11. The average Bonchev–Trinajstić information content (AvgIpc) is 2.46. The Labute approximate surface area is 76.9 Å². The van der Waals surface area contributed by atoms with Crippen molar-refractivity contribution >= 4 is 11.8 Å². The summed E-state index contributed by atoms with van der Waals surface area (Å²) in [6, 6.07) is -0.413. The second kappa shape index (κ2) is 3.60. The van der Waals surface area contributed by atoms with Gasteiger partial charge in [-0.1, -0.05) is 6.92 Å². The molecule has 4 nitrogen and oxygen atoms in total. The number of ether oxygens (including phenoxy) is 1. The number of carbonyl (C=O) groups excluding carboxylic acids is 2. The summed E-state index contributed by atoms with van der Waals surface area (Å²) in [5, 5.41) is 2.83. The molecule has 72 valence electrons. The van der Waals surface area contributed by atoms with Crippen molar-refractivity contribution in [2.75, 3.05) is 7.11 Å². The lowest BCUT2D eigenvalue weighted by molar-refractivity contribution is -0.143. The minimum atomic E-state index is -0.413. The van der Waals surface area contributed by atoms with E-state index in [1.807, 2.05) is 6.92 Å². The monoisotopic (exact) mass is 183 g/mol. The molecule has 0 saturated heterocycles. The number of nitrogens with one attached hydrogen (secondary N) is 1. The molecule has 1 aliphatic rings. The van der Waals surface area contributed by atoms with Gasteiger partial charge in [0.05, 0.1) is 7.11 Å². The van der Waals surface area contributed by atoms with Crippen LogP contribution in [0.2, 0.25) is 0 Å². The zero-order valence-electron chi connectivity index (χ0n) is 7.96. The molecule has 1 N–H and O–H groups in total. The van der Waals surface area contributed by atoms with Gasteiger partial charge >= 0.3 is 5.97 Å². The van der Waals surface area contributed by atoms with Gasteiger partial charge < -0.3 is 10.1 Å². The van der Waals surface area contributed by atoms with E-state index >= 15 is 0 Å². The van der Waals surface area contributed by atoms with Crippen LogP contribution in [0.25, 0.3) is 0 Å². The fourth-order valence-electron chi connectivity index (χ4n) is 1.46. The van der Waals surface area contributed by atoms with Gasteiger partial charge in [-0.05, 0) is 6.92 Å². The lowest BCUT2D eigenvalue weighted by Crippen LogP contribution is -2.36. The van der Waals surface area contributed by atoms with Crippen molar-refractivity contribution in [1.82, 2.24) is 5.32 Å². The Hall–Kier alpha value is -1.32. The number of methoxy groups -OCH3 is 1. The Balaban J connectivity index is 2.72. The van der Waals surface area contributed by atoms with Gasteiger partial charge in [0.1, 0.15) is 6.04 Å². The van der Waals surface area contributed by atoms with Crippen LogP contribution in [0, 0.1) is 5.92 Å². The van der Waals surface area contributed by atoms with E-state index in [1.165, 1.54) is 14.0 Å². The van der Waals surface area contributed by atoms with E-state index in [0.29, 0.717) is 5.57 Å². The van der Waals surface area contributed by atoms with Gasteiger partial charge in [0.25, 0.3) is 0 Å². The molecule has 0 aromatic carbocycles. The summed E-state index contributed by atoms with van der Waals surface area (Å²) in [5.74, 6) is -0.448. The molecule has 0 fully saturated rings. The molecular weight excluding hydrogens is 170 g/mol. The summed E-state index contributed by atoms with van der Waals surface area (Å²) < 4.78 is 4.59. The molecule has 2 atom stereocenters. The van der Waals surface area contributed by atoms with Crippen molar-refractivity contribution in [3.8, 4) is 0 Å². The summed E-state index contributed by atoms with van der Waals surface area (Å²) in [6.07, 6.45) is 1.59. The lowest BCUT2D eigenvalue weighted by Gasteiger charge is -2.14. The van der Waals surface area contributed by atoms with Gasteiger partial charge in [-0.25, -0.2) is 4.79 Å². The Bertz CT molecular complexity index is 270. The maximum atomic E-state index is 11.2. The molecule has 1 heterocycles. The standard InChI is InChI=1S/C9H13NO3/c1-5-7(6(2)11)4-10-8(5)9(12)13-3/h4-5,8,10H,1-3H3. The average molecular weight is 183 g/mol. The number of Topliss-reactive ketones (excluding diaryl/α,β-unsaturated/α-hetero) is 1. The number of hydrogen-bond donors (Lipinski definition) is 1. The van der Waals surface area contributed by atoms with E-state index < -0.39 is 6.04 Å². The first-order valence-corrected chi connectivity index (χ1v) is 4.12. The van der Waals surface area contributed by atoms with Gasteiger partial charge in [0, 0.05) is 17.7 Å². The van der Waals surface area contributed by atoms with E-state index in [4.69, 9.17) is 0 Å². The van der Waals surface area contributed by atoms with Crippen LogP contribution in [0.4, 0.5) is 0 Å². The van der Waals surface area contributed by atoms with Crippen LogP contribution >= 0.6 is 0 Å². The van der Waals surface area contributed by atoms with Gasteiger partial charge in [0.2, 0.25) is 0 Å². The molecule has 1 rings (SSSR count). The van der Waals surface area contributed by atoms with Gasteiger partial charge in [-0.2, -0.15) is 0 Å². The highest BCUT2D eigenvalue weighted by Gasteiger charge is 2.33. The molecule has 13 heavy (non-hydrogen) atoms. The number of rotatable bonds is 2. The van der Waals surface area contributed by atoms with Crippen LogP contribution in [0.5, 0.6) is 0 Å².